The lowest BCUT2D eigenvalue weighted by atomic mass is 10.0. The third kappa shape index (κ3) is 4.64. The van der Waals surface area contributed by atoms with E-state index in [-0.39, 0.29) is 11.6 Å². The molecule has 2 aliphatic heterocycles. The number of amides is 1. The highest BCUT2D eigenvalue weighted by atomic mass is 19.4. The van der Waals surface area contributed by atoms with E-state index in [4.69, 9.17) is 4.74 Å². The van der Waals surface area contributed by atoms with Crippen molar-refractivity contribution < 1.29 is 22.7 Å². The maximum atomic E-state index is 13.6. The minimum atomic E-state index is -4.52. The molecule has 1 N–H and O–H groups in total. The Kier molecular flexibility index (Phi) is 6.14. The second kappa shape index (κ2) is 9.18. The van der Waals surface area contributed by atoms with Gasteiger partial charge in [-0.3, -0.25) is 14.5 Å². The SMILES string of the molecule is Cc1cc(C2N=Cc3nc(C(F)(F)F)ccc3N2)ccc1N1CCOc2c(CN(C)C)nn(C)c2C1=O. The van der Waals surface area contributed by atoms with E-state index in [9.17, 15) is 18.0 Å². The summed E-state index contributed by atoms with van der Waals surface area (Å²) in [7, 11) is 5.59. The van der Waals surface area contributed by atoms with Gasteiger partial charge in [0.1, 0.15) is 29.9 Å². The summed E-state index contributed by atoms with van der Waals surface area (Å²) in [6.45, 7) is 3.14. The average Bonchev–Trinajstić information content (AvgIpc) is 3.02. The molecule has 4 heterocycles. The maximum absolute atomic E-state index is 13.6. The first kappa shape index (κ1) is 24.8. The number of aliphatic imine (C=N–C) groups is 1. The summed E-state index contributed by atoms with van der Waals surface area (Å²) in [5.41, 5.74) is 3.13. The van der Waals surface area contributed by atoms with E-state index in [1.807, 2.05) is 44.1 Å². The van der Waals surface area contributed by atoms with E-state index >= 15 is 0 Å². The second-order valence-corrected chi connectivity index (χ2v) is 9.29. The summed E-state index contributed by atoms with van der Waals surface area (Å²) >= 11 is 0. The quantitative estimate of drug-likeness (QED) is 0.571. The van der Waals surface area contributed by atoms with Crippen molar-refractivity contribution in [2.75, 3.05) is 37.5 Å². The number of carbonyl (C=O) groups is 1. The van der Waals surface area contributed by atoms with Crippen molar-refractivity contribution in [3.63, 3.8) is 0 Å². The first-order chi connectivity index (χ1) is 17.5. The van der Waals surface area contributed by atoms with Gasteiger partial charge in [-0.05, 0) is 50.3 Å². The lowest BCUT2D eigenvalue weighted by molar-refractivity contribution is -0.141. The van der Waals surface area contributed by atoms with Crippen LogP contribution in [0.3, 0.4) is 0 Å². The summed E-state index contributed by atoms with van der Waals surface area (Å²) in [6.07, 6.45) is -3.67. The van der Waals surface area contributed by atoms with Crippen LogP contribution < -0.4 is 15.0 Å². The van der Waals surface area contributed by atoms with Crippen LogP contribution in [0.15, 0.2) is 35.3 Å². The number of aromatic nitrogens is 3. The molecule has 1 aromatic carbocycles. The van der Waals surface area contributed by atoms with Gasteiger partial charge in [0.25, 0.3) is 5.91 Å². The van der Waals surface area contributed by atoms with Crippen molar-refractivity contribution in [1.82, 2.24) is 19.7 Å². The smallest absolute Gasteiger partial charge is 0.433 e. The number of ether oxygens (including phenoxy) is 1. The summed E-state index contributed by atoms with van der Waals surface area (Å²) < 4.78 is 46.5. The van der Waals surface area contributed by atoms with Crippen LogP contribution in [0.2, 0.25) is 0 Å². The van der Waals surface area contributed by atoms with E-state index in [2.05, 4.69) is 20.4 Å². The molecule has 0 spiro atoms. The van der Waals surface area contributed by atoms with Crippen LogP contribution in [-0.4, -0.2) is 59.0 Å². The number of nitrogens with one attached hydrogen (secondary N) is 1. The zero-order valence-electron chi connectivity index (χ0n) is 20.8. The molecule has 5 rings (SSSR count). The Labute approximate surface area is 211 Å². The minimum absolute atomic E-state index is 0.134. The van der Waals surface area contributed by atoms with Crippen LogP contribution in [0.25, 0.3) is 0 Å². The van der Waals surface area contributed by atoms with E-state index in [1.54, 1.807) is 16.6 Å². The van der Waals surface area contributed by atoms with Gasteiger partial charge in [0.2, 0.25) is 0 Å². The Morgan fingerprint density at radius 2 is 2.00 bits per heavy atom. The molecule has 37 heavy (non-hydrogen) atoms. The fourth-order valence-electron chi connectivity index (χ4n) is 4.55. The Hall–Kier alpha value is -3.93. The van der Waals surface area contributed by atoms with Crippen LogP contribution >= 0.6 is 0 Å². The molecule has 1 atom stereocenters. The number of rotatable bonds is 4. The maximum Gasteiger partial charge on any atom is 0.433 e. The fraction of sp³-hybridized carbons (Fsp3) is 0.360. The van der Waals surface area contributed by atoms with E-state index in [0.29, 0.717) is 42.5 Å². The number of pyridine rings is 1. The molecule has 9 nitrogen and oxygen atoms in total. The predicted molar refractivity (Wildman–Crippen MR) is 132 cm³/mol. The Morgan fingerprint density at radius 3 is 2.70 bits per heavy atom. The molecular formula is C25H26F3N7O2. The highest BCUT2D eigenvalue weighted by molar-refractivity contribution is 6.07. The van der Waals surface area contributed by atoms with Gasteiger partial charge in [-0.15, -0.1) is 0 Å². The van der Waals surface area contributed by atoms with Crippen LogP contribution in [0, 0.1) is 6.92 Å². The monoisotopic (exact) mass is 513 g/mol. The molecule has 1 unspecified atom stereocenters. The fourth-order valence-corrected chi connectivity index (χ4v) is 4.55. The Morgan fingerprint density at radius 1 is 1.22 bits per heavy atom. The molecular weight excluding hydrogens is 487 g/mol. The van der Waals surface area contributed by atoms with Gasteiger partial charge >= 0.3 is 6.18 Å². The van der Waals surface area contributed by atoms with Crippen LogP contribution in [-0.2, 0) is 19.8 Å². The zero-order valence-corrected chi connectivity index (χ0v) is 20.8. The van der Waals surface area contributed by atoms with Gasteiger partial charge in [-0.25, -0.2) is 4.98 Å². The third-order valence-electron chi connectivity index (χ3n) is 6.23. The van der Waals surface area contributed by atoms with Crippen molar-refractivity contribution in [2.45, 2.75) is 25.8 Å². The van der Waals surface area contributed by atoms with E-state index < -0.39 is 18.0 Å². The van der Waals surface area contributed by atoms with Gasteiger partial charge in [0.15, 0.2) is 11.4 Å². The first-order valence-corrected chi connectivity index (χ1v) is 11.7. The normalized spacial score (nSPS) is 17.2. The highest BCUT2D eigenvalue weighted by Gasteiger charge is 2.34. The van der Waals surface area contributed by atoms with Crippen molar-refractivity contribution in [3.05, 3.63) is 64.2 Å². The predicted octanol–water partition coefficient (Wildman–Crippen LogP) is 3.79. The topological polar surface area (TPSA) is 87.9 Å². The van der Waals surface area contributed by atoms with Crippen LogP contribution in [0.4, 0.5) is 24.5 Å². The van der Waals surface area contributed by atoms with Crippen LogP contribution in [0.1, 0.15) is 44.9 Å². The number of benzene rings is 1. The molecule has 0 saturated heterocycles. The highest BCUT2D eigenvalue weighted by Crippen LogP contribution is 2.35. The van der Waals surface area contributed by atoms with E-state index in [0.717, 1.165) is 22.9 Å². The summed E-state index contributed by atoms with van der Waals surface area (Å²) in [5, 5.41) is 7.63. The minimum Gasteiger partial charge on any atom is -0.487 e. The van der Waals surface area contributed by atoms with Gasteiger partial charge in [-0.2, -0.15) is 18.3 Å². The third-order valence-corrected chi connectivity index (χ3v) is 6.23. The largest absolute Gasteiger partial charge is 0.487 e. The number of halogens is 3. The molecule has 2 aliphatic rings. The Balaban J connectivity index is 1.40. The number of aryl methyl sites for hydroxylation is 2. The lowest BCUT2D eigenvalue weighted by Gasteiger charge is -2.25. The molecule has 12 heteroatoms. The molecule has 0 bridgehead atoms. The second-order valence-electron chi connectivity index (χ2n) is 9.29. The molecule has 194 valence electrons. The van der Waals surface area contributed by atoms with Crippen molar-refractivity contribution >= 4 is 23.5 Å². The van der Waals surface area contributed by atoms with E-state index in [1.165, 1.54) is 12.3 Å². The number of alkyl halides is 3. The zero-order chi connectivity index (χ0) is 26.5. The molecule has 0 saturated carbocycles. The molecule has 0 fully saturated rings. The molecule has 0 aliphatic carbocycles. The Bertz CT molecular complexity index is 1400. The average molecular weight is 514 g/mol. The van der Waals surface area contributed by atoms with Gasteiger partial charge in [0.05, 0.1) is 18.4 Å². The number of fused-ring (bicyclic) bond motifs is 2. The van der Waals surface area contributed by atoms with Gasteiger partial charge in [0, 0.05) is 19.3 Å². The van der Waals surface area contributed by atoms with Gasteiger partial charge in [-0.1, -0.05) is 12.1 Å². The molecule has 1 amide bonds. The van der Waals surface area contributed by atoms with Crippen molar-refractivity contribution in [2.24, 2.45) is 12.0 Å². The first-order valence-electron chi connectivity index (χ1n) is 11.7. The summed E-state index contributed by atoms with van der Waals surface area (Å²) in [4.78, 5) is 25.3. The number of hydrogen-bond donors (Lipinski definition) is 1. The molecule has 3 aromatic rings. The lowest BCUT2D eigenvalue weighted by Crippen LogP contribution is -2.34. The summed E-state index contributed by atoms with van der Waals surface area (Å²) in [6, 6.07) is 7.91. The number of anilines is 2. The summed E-state index contributed by atoms with van der Waals surface area (Å²) in [5.74, 6) is 0.317. The number of nitrogens with zero attached hydrogens (tertiary/aromatic N) is 6. The molecule has 0 radical (unpaired) electrons. The van der Waals surface area contributed by atoms with Crippen LogP contribution in [0.5, 0.6) is 5.75 Å². The van der Waals surface area contributed by atoms with Crippen molar-refractivity contribution in [1.29, 1.82) is 0 Å². The van der Waals surface area contributed by atoms with Gasteiger partial charge < -0.3 is 19.9 Å². The number of carbonyl (C=O) groups excluding carboxylic acids is 1. The standard InChI is InChI=1S/C25H26F3N7O2/c1-14-11-15(23-29-12-17-16(31-23)6-8-20(30-17)25(26,27)28)5-7-19(14)35-9-10-37-22-18(13-33(2)3)32-34(4)21(22)24(35)36/h5-8,11-12,23,31H,9-10,13H2,1-4H3. The van der Waals surface area contributed by atoms with Crippen molar-refractivity contribution in [3.8, 4) is 5.75 Å². The number of hydrogen-bond acceptors (Lipinski definition) is 7. The molecule has 2 aromatic heterocycles.